The monoisotopic (exact) mass is 258 g/mol. The first-order chi connectivity index (χ1) is 8.83. The fraction of sp³-hybridized carbons (Fsp3) is 0.154. The number of aromatic nitrogens is 2. The zero-order valence-corrected chi connectivity index (χ0v) is 10.4. The number of hydrogen-bond acceptors (Lipinski definition) is 4. The van der Waals surface area contributed by atoms with Crippen molar-refractivity contribution in [3.8, 4) is 0 Å². The fourth-order valence-corrected chi connectivity index (χ4v) is 2.12. The van der Waals surface area contributed by atoms with E-state index in [1.807, 2.05) is 30.5 Å². The molecule has 1 aliphatic rings. The van der Waals surface area contributed by atoms with E-state index in [0.717, 1.165) is 34.2 Å². The van der Waals surface area contributed by atoms with Crippen LogP contribution in [0, 0.1) is 0 Å². The summed E-state index contributed by atoms with van der Waals surface area (Å²) in [6.45, 7) is 0.685. The normalized spacial score (nSPS) is 12.5. The lowest BCUT2D eigenvalue weighted by molar-refractivity contribution is 1.06. The van der Waals surface area contributed by atoms with E-state index in [2.05, 4.69) is 20.3 Å². The van der Waals surface area contributed by atoms with E-state index in [1.54, 1.807) is 0 Å². The standard InChI is InChI=1S/C13H11ClN4/c14-10-3-1-2-9(6-10)7-16-13-11-4-5-15-12(11)17-8-18-13/h1-3,5-6,8H,4,7H2,(H,16,17,18). The van der Waals surface area contributed by atoms with E-state index in [9.17, 15) is 0 Å². The topological polar surface area (TPSA) is 50.2 Å². The van der Waals surface area contributed by atoms with Crippen LogP contribution in [0.3, 0.4) is 0 Å². The highest BCUT2D eigenvalue weighted by molar-refractivity contribution is 6.30. The summed E-state index contributed by atoms with van der Waals surface area (Å²) in [6.07, 6.45) is 4.17. The highest BCUT2D eigenvalue weighted by Gasteiger charge is 2.13. The molecule has 4 nitrogen and oxygen atoms in total. The lowest BCUT2D eigenvalue weighted by atomic mass is 10.2. The lowest BCUT2D eigenvalue weighted by Gasteiger charge is -2.09. The van der Waals surface area contributed by atoms with Crippen LogP contribution in [0.15, 0.2) is 35.6 Å². The summed E-state index contributed by atoms with van der Waals surface area (Å²) in [5.74, 6) is 1.61. The van der Waals surface area contributed by atoms with Crippen LogP contribution in [-0.2, 0) is 13.0 Å². The minimum atomic E-state index is 0.685. The van der Waals surface area contributed by atoms with E-state index in [-0.39, 0.29) is 0 Å². The number of nitrogens with one attached hydrogen (secondary N) is 1. The summed E-state index contributed by atoms with van der Waals surface area (Å²) in [4.78, 5) is 12.6. The van der Waals surface area contributed by atoms with Gasteiger partial charge in [0.1, 0.15) is 12.1 Å². The molecule has 0 bridgehead atoms. The SMILES string of the molecule is Clc1cccc(CNc2ncnc3c2CC=N3)c1. The minimum absolute atomic E-state index is 0.685. The van der Waals surface area contributed by atoms with E-state index in [1.165, 1.54) is 6.33 Å². The Bertz CT molecular complexity index is 610. The third-order valence-corrected chi connectivity index (χ3v) is 3.02. The molecule has 0 unspecified atom stereocenters. The molecule has 1 aromatic carbocycles. The predicted molar refractivity (Wildman–Crippen MR) is 72.7 cm³/mol. The maximum absolute atomic E-state index is 5.95. The summed E-state index contributed by atoms with van der Waals surface area (Å²) in [5, 5.41) is 4.04. The molecule has 90 valence electrons. The number of benzene rings is 1. The largest absolute Gasteiger partial charge is 0.366 e. The number of halogens is 1. The Kier molecular flexibility index (Phi) is 2.94. The number of rotatable bonds is 3. The van der Waals surface area contributed by atoms with Gasteiger partial charge in [-0.1, -0.05) is 23.7 Å². The van der Waals surface area contributed by atoms with Gasteiger partial charge < -0.3 is 5.32 Å². The first-order valence-electron chi connectivity index (χ1n) is 5.67. The van der Waals surface area contributed by atoms with Gasteiger partial charge in [0.2, 0.25) is 0 Å². The van der Waals surface area contributed by atoms with Crippen molar-refractivity contribution < 1.29 is 0 Å². The van der Waals surface area contributed by atoms with E-state index < -0.39 is 0 Å². The second-order valence-electron chi connectivity index (χ2n) is 4.02. The smallest absolute Gasteiger partial charge is 0.160 e. The van der Waals surface area contributed by atoms with Gasteiger partial charge in [0.15, 0.2) is 5.82 Å². The van der Waals surface area contributed by atoms with Crippen molar-refractivity contribution in [1.82, 2.24) is 9.97 Å². The van der Waals surface area contributed by atoms with Crippen molar-refractivity contribution in [2.24, 2.45) is 4.99 Å². The Morgan fingerprint density at radius 2 is 2.22 bits per heavy atom. The van der Waals surface area contributed by atoms with Crippen molar-refractivity contribution in [1.29, 1.82) is 0 Å². The molecule has 0 amide bonds. The third kappa shape index (κ3) is 2.19. The molecule has 3 rings (SSSR count). The summed E-state index contributed by atoms with van der Waals surface area (Å²) < 4.78 is 0. The maximum Gasteiger partial charge on any atom is 0.160 e. The van der Waals surface area contributed by atoms with Crippen molar-refractivity contribution in [2.45, 2.75) is 13.0 Å². The Morgan fingerprint density at radius 1 is 1.28 bits per heavy atom. The number of fused-ring (bicyclic) bond motifs is 1. The van der Waals surface area contributed by atoms with Gasteiger partial charge in [-0.2, -0.15) is 0 Å². The summed E-state index contributed by atoms with van der Waals surface area (Å²) >= 11 is 5.95. The number of nitrogens with zero attached hydrogens (tertiary/aromatic N) is 3. The van der Waals surface area contributed by atoms with Crippen LogP contribution in [0.25, 0.3) is 0 Å². The van der Waals surface area contributed by atoms with Crippen LogP contribution in [0.2, 0.25) is 5.02 Å². The quantitative estimate of drug-likeness (QED) is 0.921. The zero-order chi connectivity index (χ0) is 12.4. The number of hydrogen-bond donors (Lipinski definition) is 1. The Morgan fingerprint density at radius 3 is 3.11 bits per heavy atom. The number of anilines is 1. The summed E-state index contributed by atoms with van der Waals surface area (Å²) in [6, 6.07) is 7.76. The third-order valence-electron chi connectivity index (χ3n) is 2.78. The zero-order valence-electron chi connectivity index (χ0n) is 9.60. The molecule has 2 heterocycles. The molecule has 1 aromatic heterocycles. The van der Waals surface area contributed by atoms with Crippen LogP contribution in [0.1, 0.15) is 11.1 Å². The van der Waals surface area contributed by atoms with E-state index >= 15 is 0 Å². The molecule has 0 aliphatic carbocycles. The Balaban J connectivity index is 1.77. The fourth-order valence-electron chi connectivity index (χ4n) is 1.91. The van der Waals surface area contributed by atoms with Crippen LogP contribution in [0.4, 0.5) is 11.6 Å². The molecule has 0 saturated heterocycles. The predicted octanol–water partition coefficient (Wildman–Crippen LogP) is 3.00. The highest BCUT2D eigenvalue weighted by atomic mass is 35.5. The molecule has 1 N–H and O–H groups in total. The average molecular weight is 259 g/mol. The molecule has 5 heteroatoms. The molecule has 0 atom stereocenters. The Labute approximate surface area is 110 Å². The van der Waals surface area contributed by atoms with Gasteiger partial charge in [-0.15, -0.1) is 0 Å². The van der Waals surface area contributed by atoms with Crippen molar-refractivity contribution in [2.75, 3.05) is 5.32 Å². The van der Waals surface area contributed by atoms with Crippen LogP contribution >= 0.6 is 11.6 Å². The molecule has 1 aliphatic heterocycles. The van der Waals surface area contributed by atoms with E-state index in [0.29, 0.717) is 6.54 Å². The van der Waals surface area contributed by atoms with Crippen molar-refractivity contribution >= 4 is 29.5 Å². The lowest BCUT2D eigenvalue weighted by Crippen LogP contribution is -2.04. The van der Waals surface area contributed by atoms with Crippen LogP contribution in [0.5, 0.6) is 0 Å². The molecule has 0 spiro atoms. The van der Waals surface area contributed by atoms with E-state index in [4.69, 9.17) is 11.6 Å². The molecular weight excluding hydrogens is 248 g/mol. The van der Waals surface area contributed by atoms with Crippen molar-refractivity contribution in [3.63, 3.8) is 0 Å². The van der Waals surface area contributed by atoms with Gasteiger partial charge in [-0.3, -0.25) is 0 Å². The summed E-state index contributed by atoms with van der Waals surface area (Å²) in [7, 11) is 0. The van der Waals surface area contributed by atoms with Crippen LogP contribution < -0.4 is 5.32 Å². The van der Waals surface area contributed by atoms with Gasteiger partial charge in [-0.05, 0) is 17.7 Å². The second-order valence-corrected chi connectivity index (χ2v) is 4.46. The Hall–Kier alpha value is -1.94. The minimum Gasteiger partial charge on any atom is -0.366 e. The summed E-state index contributed by atoms with van der Waals surface area (Å²) in [5.41, 5.74) is 2.17. The average Bonchev–Trinajstić information content (AvgIpc) is 2.85. The van der Waals surface area contributed by atoms with Gasteiger partial charge in [0.05, 0.1) is 0 Å². The molecule has 0 fully saturated rings. The first-order valence-corrected chi connectivity index (χ1v) is 6.05. The van der Waals surface area contributed by atoms with Gasteiger partial charge in [0, 0.05) is 29.8 Å². The maximum atomic E-state index is 5.95. The second kappa shape index (κ2) is 4.74. The first kappa shape index (κ1) is 11.2. The van der Waals surface area contributed by atoms with Gasteiger partial charge in [0.25, 0.3) is 0 Å². The van der Waals surface area contributed by atoms with Gasteiger partial charge >= 0.3 is 0 Å². The highest BCUT2D eigenvalue weighted by Crippen LogP contribution is 2.26. The molecule has 0 saturated carbocycles. The molecule has 2 aromatic rings. The van der Waals surface area contributed by atoms with Crippen LogP contribution in [-0.4, -0.2) is 16.2 Å². The van der Waals surface area contributed by atoms with Crippen molar-refractivity contribution in [3.05, 3.63) is 46.7 Å². The molecule has 18 heavy (non-hydrogen) atoms. The molecular formula is C13H11ClN4. The molecule has 0 radical (unpaired) electrons. The van der Waals surface area contributed by atoms with Gasteiger partial charge in [-0.25, -0.2) is 15.0 Å². The number of aliphatic imine (C=N–C) groups is 1.